The van der Waals surface area contributed by atoms with E-state index in [1.807, 2.05) is 0 Å². The van der Waals surface area contributed by atoms with Gasteiger partial charge in [-0.25, -0.2) is 14.2 Å². The standard InChI is InChI=1S/C19H21FN4O4/c20-14-7-12-16(26)13(19(27)28)8-24(11-1-2-11)17(12)22-18(14)23-6-4-10(3-5-21)15(25)9-23/h3,7-8,11,15,25H,1-2,4-6,9,21H2,(H,27,28). The Morgan fingerprint density at radius 2 is 2.18 bits per heavy atom. The number of aliphatic hydroxyl groups excluding tert-OH is 1. The molecule has 0 amide bonds. The van der Waals surface area contributed by atoms with Gasteiger partial charge >= 0.3 is 5.97 Å². The van der Waals surface area contributed by atoms with Crippen molar-refractivity contribution in [1.29, 1.82) is 0 Å². The van der Waals surface area contributed by atoms with Crippen LogP contribution in [0.25, 0.3) is 11.0 Å². The van der Waals surface area contributed by atoms with Gasteiger partial charge in [0.1, 0.15) is 11.2 Å². The Kier molecular flexibility index (Phi) is 4.64. The van der Waals surface area contributed by atoms with E-state index in [0.29, 0.717) is 19.5 Å². The van der Waals surface area contributed by atoms with Crippen molar-refractivity contribution in [2.24, 2.45) is 5.73 Å². The van der Waals surface area contributed by atoms with E-state index in [4.69, 9.17) is 5.73 Å². The van der Waals surface area contributed by atoms with Crippen LogP contribution in [0.4, 0.5) is 10.2 Å². The molecule has 0 aromatic carbocycles. The molecule has 0 bridgehead atoms. The van der Waals surface area contributed by atoms with Crippen LogP contribution in [0, 0.1) is 5.82 Å². The van der Waals surface area contributed by atoms with E-state index in [-0.39, 0.29) is 29.4 Å². The predicted molar refractivity (Wildman–Crippen MR) is 101 cm³/mol. The van der Waals surface area contributed by atoms with Crippen LogP contribution in [0.5, 0.6) is 0 Å². The van der Waals surface area contributed by atoms with Gasteiger partial charge in [-0.1, -0.05) is 6.08 Å². The number of carboxylic acid groups (broad SMARTS) is 1. The molecule has 1 atom stereocenters. The Bertz CT molecular complexity index is 1040. The molecule has 8 nitrogen and oxygen atoms in total. The minimum atomic E-state index is -1.34. The van der Waals surface area contributed by atoms with Gasteiger partial charge < -0.3 is 25.4 Å². The summed E-state index contributed by atoms with van der Waals surface area (Å²) in [5.74, 6) is -2.01. The van der Waals surface area contributed by atoms with Crippen LogP contribution >= 0.6 is 0 Å². The summed E-state index contributed by atoms with van der Waals surface area (Å²) in [6.07, 6.45) is 4.53. The molecular weight excluding hydrogens is 367 g/mol. The number of aromatic carboxylic acids is 1. The van der Waals surface area contributed by atoms with Gasteiger partial charge in [-0.3, -0.25) is 4.79 Å². The van der Waals surface area contributed by atoms with Crippen LogP contribution in [0.1, 0.15) is 35.7 Å². The quantitative estimate of drug-likeness (QED) is 0.669. The van der Waals surface area contributed by atoms with Crippen LogP contribution in [-0.2, 0) is 0 Å². The lowest BCUT2D eigenvalue weighted by molar-refractivity contribution is 0.0695. The van der Waals surface area contributed by atoms with E-state index in [2.05, 4.69) is 4.98 Å². The minimum absolute atomic E-state index is 0.0469. The van der Waals surface area contributed by atoms with Crippen LogP contribution < -0.4 is 16.1 Å². The Morgan fingerprint density at radius 3 is 2.79 bits per heavy atom. The first-order valence-electron chi connectivity index (χ1n) is 9.21. The van der Waals surface area contributed by atoms with Gasteiger partial charge in [-0.2, -0.15) is 0 Å². The van der Waals surface area contributed by atoms with E-state index >= 15 is 0 Å². The number of hydrogen-bond donors (Lipinski definition) is 3. The number of anilines is 1. The van der Waals surface area contributed by atoms with Crippen molar-refractivity contribution in [2.45, 2.75) is 31.4 Å². The highest BCUT2D eigenvalue weighted by atomic mass is 19.1. The van der Waals surface area contributed by atoms with Gasteiger partial charge in [-0.05, 0) is 30.9 Å². The molecular formula is C19H21FN4O4. The molecule has 3 heterocycles. The number of carboxylic acids is 1. The van der Waals surface area contributed by atoms with Crippen molar-refractivity contribution >= 4 is 22.8 Å². The predicted octanol–water partition coefficient (Wildman–Crippen LogP) is 1.02. The summed E-state index contributed by atoms with van der Waals surface area (Å²) in [5, 5.41) is 19.5. The number of rotatable bonds is 4. The molecule has 9 heteroatoms. The van der Waals surface area contributed by atoms with Gasteiger partial charge in [0.15, 0.2) is 11.6 Å². The number of nitrogens with two attached hydrogens (primary N) is 1. The lowest BCUT2D eigenvalue weighted by Crippen LogP contribution is -2.41. The topological polar surface area (TPSA) is 122 Å². The van der Waals surface area contributed by atoms with Crippen molar-refractivity contribution in [1.82, 2.24) is 9.55 Å². The molecule has 1 saturated heterocycles. The smallest absolute Gasteiger partial charge is 0.341 e. The number of fused-ring (bicyclic) bond motifs is 1. The monoisotopic (exact) mass is 388 g/mol. The molecule has 1 aliphatic heterocycles. The summed E-state index contributed by atoms with van der Waals surface area (Å²) in [5.41, 5.74) is 5.46. The first-order valence-corrected chi connectivity index (χ1v) is 9.21. The van der Waals surface area contributed by atoms with E-state index in [9.17, 15) is 24.2 Å². The second kappa shape index (κ2) is 6.99. The first kappa shape index (κ1) is 18.6. The summed E-state index contributed by atoms with van der Waals surface area (Å²) >= 11 is 0. The maximum Gasteiger partial charge on any atom is 0.341 e. The third-order valence-electron chi connectivity index (χ3n) is 5.28. The molecule has 2 aromatic rings. The lowest BCUT2D eigenvalue weighted by Gasteiger charge is -2.33. The van der Waals surface area contributed by atoms with Crippen LogP contribution in [0.2, 0.25) is 0 Å². The third kappa shape index (κ3) is 3.16. The molecule has 28 heavy (non-hydrogen) atoms. The highest BCUT2D eigenvalue weighted by molar-refractivity contribution is 5.92. The average molecular weight is 388 g/mol. The van der Waals surface area contributed by atoms with Gasteiger partial charge in [0.05, 0.1) is 11.5 Å². The van der Waals surface area contributed by atoms with Crippen molar-refractivity contribution < 1.29 is 19.4 Å². The fourth-order valence-corrected chi connectivity index (χ4v) is 3.67. The Balaban J connectivity index is 1.81. The van der Waals surface area contributed by atoms with Crippen LogP contribution in [0.15, 0.2) is 28.7 Å². The Hall–Kier alpha value is -2.78. The molecule has 1 aliphatic carbocycles. The lowest BCUT2D eigenvalue weighted by atomic mass is 10.0. The van der Waals surface area contributed by atoms with Gasteiger partial charge in [0.2, 0.25) is 5.43 Å². The fourth-order valence-electron chi connectivity index (χ4n) is 3.67. The highest BCUT2D eigenvalue weighted by Gasteiger charge is 2.30. The van der Waals surface area contributed by atoms with Gasteiger partial charge in [0, 0.05) is 31.9 Å². The van der Waals surface area contributed by atoms with Crippen molar-refractivity contribution in [3.8, 4) is 0 Å². The molecule has 2 aliphatic rings. The zero-order valence-electron chi connectivity index (χ0n) is 15.1. The summed E-state index contributed by atoms with van der Waals surface area (Å²) < 4.78 is 16.5. The summed E-state index contributed by atoms with van der Waals surface area (Å²) in [4.78, 5) is 29.9. The zero-order chi connectivity index (χ0) is 20.0. The molecule has 0 spiro atoms. The minimum Gasteiger partial charge on any atom is -0.477 e. The number of hydrogen-bond acceptors (Lipinski definition) is 6. The van der Waals surface area contributed by atoms with Crippen LogP contribution in [0.3, 0.4) is 0 Å². The maximum atomic E-state index is 14.8. The van der Waals surface area contributed by atoms with E-state index in [1.54, 1.807) is 15.5 Å². The third-order valence-corrected chi connectivity index (χ3v) is 5.28. The van der Waals surface area contributed by atoms with Gasteiger partial charge in [-0.15, -0.1) is 0 Å². The molecule has 1 saturated carbocycles. The molecule has 1 unspecified atom stereocenters. The summed E-state index contributed by atoms with van der Waals surface area (Å²) in [6.45, 7) is 0.954. The second-order valence-corrected chi connectivity index (χ2v) is 7.21. The SMILES string of the molecule is NCC=C1CCN(c2nc3c(cc2F)c(=O)c(C(=O)O)cn3C2CC2)CC1O. The number of halogens is 1. The maximum absolute atomic E-state index is 14.8. The highest BCUT2D eigenvalue weighted by Crippen LogP contribution is 2.37. The van der Waals surface area contributed by atoms with E-state index < -0.39 is 28.9 Å². The number of carbonyl (C=O) groups is 1. The number of nitrogens with zero attached hydrogens (tertiary/aromatic N) is 3. The number of aliphatic hydroxyl groups is 1. The first-order chi connectivity index (χ1) is 13.4. The van der Waals surface area contributed by atoms with Gasteiger partial charge in [0.25, 0.3) is 0 Å². The fraction of sp³-hybridized carbons (Fsp3) is 0.421. The Morgan fingerprint density at radius 1 is 1.43 bits per heavy atom. The number of aromatic nitrogens is 2. The summed E-state index contributed by atoms with van der Waals surface area (Å²) in [6, 6.07) is 1.11. The second-order valence-electron chi connectivity index (χ2n) is 7.21. The molecule has 148 valence electrons. The molecule has 2 fully saturated rings. The molecule has 2 aromatic heterocycles. The van der Waals surface area contributed by atoms with Crippen molar-refractivity contribution in [3.63, 3.8) is 0 Å². The largest absolute Gasteiger partial charge is 0.477 e. The average Bonchev–Trinajstić information content (AvgIpc) is 3.49. The van der Waals surface area contributed by atoms with Crippen molar-refractivity contribution in [2.75, 3.05) is 24.5 Å². The van der Waals surface area contributed by atoms with Crippen LogP contribution in [-0.4, -0.2) is 51.5 Å². The molecule has 4 N–H and O–H groups in total. The Labute approximate surface area is 159 Å². The van der Waals surface area contributed by atoms with E-state index in [0.717, 1.165) is 24.5 Å². The van der Waals surface area contributed by atoms with Crippen molar-refractivity contribution in [3.05, 3.63) is 45.5 Å². The molecule has 4 rings (SSSR count). The number of pyridine rings is 2. The number of piperidine rings is 1. The normalized spacial score (nSPS) is 21.5. The molecule has 0 radical (unpaired) electrons. The number of β-amino-alcohol motifs (C(OH)–C–C–N with tert-alkyl or cyclic N) is 1. The summed E-state index contributed by atoms with van der Waals surface area (Å²) in [7, 11) is 0. The zero-order valence-corrected chi connectivity index (χ0v) is 15.1. The van der Waals surface area contributed by atoms with E-state index in [1.165, 1.54) is 6.20 Å².